The number of carbonyl (C=O) groups is 1. The van der Waals surface area contributed by atoms with Crippen molar-refractivity contribution >= 4 is 38.9 Å². The third-order valence-corrected chi connectivity index (χ3v) is 4.86. The molecule has 25 heavy (non-hydrogen) atoms. The van der Waals surface area contributed by atoms with Gasteiger partial charge in [-0.05, 0) is 36.4 Å². The van der Waals surface area contributed by atoms with E-state index in [-0.39, 0.29) is 18.9 Å². The van der Waals surface area contributed by atoms with Crippen LogP contribution in [0.25, 0.3) is 0 Å². The average molecular weight is 383 g/mol. The number of hydrogen-bond acceptors (Lipinski definition) is 4. The van der Waals surface area contributed by atoms with Crippen LogP contribution in [-0.2, 0) is 14.8 Å². The second kappa shape index (κ2) is 8.22. The van der Waals surface area contributed by atoms with Crippen molar-refractivity contribution in [3.05, 3.63) is 53.6 Å². The maximum Gasteiger partial charge on any atom is 0.232 e. The number of benzene rings is 2. The summed E-state index contributed by atoms with van der Waals surface area (Å²) in [6.45, 7) is 0.0241. The number of halogens is 1. The van der Waals surface area contributed by atoms with Gasteiger partial charge in [0.1, 0.15) is 5.75 Å². The zero-order valence-electron chi connectivity index (χ0n) is 13.9. The largest absolute Gasteiger partial charge is 0.497 e. The van der Waals surface area contributed by atoms with Crippen LogP contribution in [0.3, 0.4) is 0 Å². The minimum absolute atomic E-state index is 0.00685. The first-order valence-electron chi connectivity index (χ1n) is 7.47. The lowest BCUT2D eigenvalue weighted by Gasteiger charge is -2.22. The lowest BCUT2D eigenvalue weighted by atomic mass is 10.2. The number of rotatable bonds is 7. The Morgan fingerprint density at radius 3 is 2.48 bits per heavy atom. The van der Waals surface area contributed by atoms with E-state index in [0.29, 0.717) is 22.1 Å². The van der Waals surface area contributed by atoms with Gasteiger partial charge in [-0.1, -0.05) is 17.7 Å². The number of hydrogen-bond donors (Lipinski definition) is 1. The Hall–Kier alpha value is -2.25. The molecule has 2 aromatic rings. The molecular weight excluding hydrogens is 364 g/mol. The molecule has 0 aliphatic rings. The van der Waals surface area contributed by atoms with E-state index in [1.54, 1.807) is 48.5 Å². The van der Waals surface area contributed by atoms with Gasteiger partial charge in [0.15, 0.2) is 0 Å². The summed E-state index contributed by atoms with van der Waals surface area (Å²) in [5.74, 6) is 0.326. The summed E-state index contributed by atoms with van der Waals surface area (Å²) in [6, 6.07) is 13.3. The smallest absolute Gasteiger partial charge is 0.232 e. The van der Waals surface area contributed by atoms with Crippen LogP contribution in [0, 0.1) is 0 Å². The zero-order valence-corrected chi connectivity index (χ0v) is 15.5. The zero-order chi connectivity index (χ0) is 18.4. The number of carbonyl (C=O) groups excluding carboxylic acids is 1. The fourth-order valence-corrected chi connectivity index (χ4v) is 3.27. The Bertz CT molecular complexity index is 838. The van der Waals surface area contributed by atoms with Crippen LogP contribution in [0.15, 0.2) is 48.5 Å². The van der Waals surface area contributed by atoms with Gasteiger partial charge >= 0.3 is 0 Å². The number of methoxy groups -OCH3 is 1. The molecule has 0 unspecified atom stereocenters. The van der Waals surface area contributed by atoms with Crippen molar-refractivity contribution in [3.63, 3.8) is 0 Å². The van der Waals surface area contributed by atoms with E-state index in [9.17, 15) is 13.2 Å². The van der Waals surface area contributed by atoms with Crippen LogP contribution in [0.2, 0.25) is 5.02 Å². The van der Waals surface area contributed by atoms with Gasteiger partial charge in [-0.15, -0.1) is 0 Å². The summed E-state index contributed by atoms with van der Waals surface area (Å²) in [5.41, 5.74) is 1.04. The molecule has 0 spiro atoms. The molecule has 6 nitrogen and oxygen atoms in total. The summed E-state index contributed by atoms with van der Waals surface area (Å²) in [4.78, 5) is 12.1. The molecule has 0 heterocycles. The monoisotopic (exact) mass is 382 g/mol. The Morgan fingerprint density at radius 2 is 1.88 bits per heavy atom. The van der Waals surface area contributed by atoms with Crippen molar-refractivity contribution in [1.29, 1.82) is 0 Å². The average Bonchev–Trinajstić information content (AvgIpc) is 2.55. The molecule has 0 aromatic heterocycles. The van der Waals surface area contributed by atoms with Gasteiger partial charge in [-0.25, -0.2) is 8.42 Å². The van der Waals surface area contributed by atoms with Crippen molar-refractivity contribution in [2.24, 2.45) is 0 Å². The molecule has 0 saturated heterocycles. The standard InChI is InChI=1S/C17H19ClN2O4S/c1-24-16-5-3-4-14(12-16)19-17(21)10-11-20(25(2,22)23)15-8-6-13(18)7-9-15/h3-9,12H,10-11H2,1-2H3,(H,19,21). The summed E-state index contributed by atoms with van der Waals surface area (Å²) in [5, 5.41) is 3.23. The van der Waals surface area contributed by atoms with Gasteiger partial charge in [0.25, 0.3) is 0 Å². The summed E-state index contributed by atoms with van der Waals surface area (Å²) < 4.78 is 30.3. The van der Waals surface area contributed by atoms with E-state index in [0.717, 1.165) is 6.26 Å². The molecule has 8 heteroatoms. The number of nitrogens with one attached hydrogen (secondary N) is 1. The highest BCUT2D eigenvalue weighted by Gasteiger charge is 2.18. The molecule has 0 saturated carbocycles. The van der Waals surface area contributed by atoms with Crippen molar-refractivity contribution in [2.75, 3.05) is 29.5 Å². The second-order valence-electron chi connectivity index (χ2n) is 5.34. The summed E-state index contributed by atoms with van der Waals surface area (Å²) in [7, 11) is -1.98. The molecule has 0 aliphatic heterocycles. The van der Waals surface area contributed by atoms with Crippen LogP contribution < -0.4 is 14.4 Å². The molecule has 2 aromatic carbocycles. The molecule has 0 fully saturated rings. The molecule has 0 aliphatic carbocycles. The van der Waals surface area contributed by atoms with Crippen LogP contribution in [0.1, 0.15) is 6.42 Å². The van der Waals surface area contributed by atoms with Crippen LogP contribution in [0.5, 0.6) is 5.75 Å². The predicted octanol–water partition coefficient (Wildman–Crippen LogP) is 3.14. The van der Waals surface area contributed by atoms with Crippen molar-refractivity contribution in [3.8, 4) is 5.75 Å². The van der Waals surface area contributed by atoms with Gasteiger partial charge in [0.05, 0.1) is 19.1 Å². The highest BCUT2D eigenvalue weighted by molar-refractivity contribution is 7.92. The van der Waals surface area contributed by atoms with Crippen molar-refractivity contribution in [2.45, 2.75) is 6.42 Å². The first kappa shape index (κ1) is 19.1. The number of amides is 1. The highest BCUT2D eigenvalue weighted by atomic mass is 35.5. The van der Waals surface area contributed by atoms with E-state index in [1.807, 2.05) is 0 Å². The first-order chi connectivity index (χ1) is 11.8. The minimum atomic E-state index is -3.52. The SMILES string of the molecule is COc1cccc(NC(=O)CCN(c2ccc(Cl)cc2)S(C)(=O)=O)c1. The van der Waals surface area contributed by atoms with Gasteiger partial charge in [-0.2, -0.15) is 0 Å². The third-order valence-electron chi connectivity index (χ3n) is 3.41. The molecule has 1 amide bonds. The fraction of sp³-hybridized carbons (Fsp3) is 0.235. The van der Waals surface area contributed by atoms with E-state index in [2.05, 4.69) is 5.32 Å². The second-order valence-corrected chi connectivity index (χ2v) is 7.68. The fourth-order valence-electron chi connectivity index (χ4n) is 2.22. The predicted molar refractivity (Wildman–Crippen MR) is 99.9 cm³/mol. The lowest BCUT2D eigenvalue weighted by Crippen LogP contribution is -2.33. The molecule has 0 atom stereocenters. The molecule has 0 bridgehead atoms. The van der Waals surface area contributed by atoms with Crippen LogP contribution in [-0.4, -0.2) is 34.2 Å². The lowest BCUT2D eigenvalue weighted by molar-refractivity contribution is -0.116. The molecule has 2 rings (SSSR count). The topological polar surface area (TPSA) is 75.7 Å². The minimum Gasteiger partial charge on any atom is -0.497 e. The van der Waals surface area contributed by atoms with Gasteiger partial charge in [-0.3, -0.25) is 9.10 Å². The Kier molecular flexibility index (Phi) is 6.27. The highest BCUT2D eigenvalue weighted by Crippen LogP contribution is 2.21. The third kappa shape index (κ3) is 5.65. The maximum atomic E-state index is 12.1. The van der Waals surface area contributed by atoms with E-state index < -0.39 is 10.0 Å². The van der Waals surface area contributed by atoms with E-state index >= 15 is 0 Å². The van der Waals surface area contributed by atoms with Crippen LogP contribution in [0.4, 0.5) is 11.4 Å². The van der Waals surface area contributed by atoms with E-state index in [1.165, 1.54) is 11.4 Å². The van der Waals surface area contributed by atoms with Gasteiger partial charge in [0, 0.05) is 29.7 Å². The van der Waals surface area contributed by atoms with Crippen LogP contribution >= 0.6 is 11.6 Å². The quantitative estimate of drug-likeness (QED) is 0.798. The van der Waals surface area contributed by atoms with E-state index in [4.69, 9.17) is 16.3 Å². The molecule has 0 radical (unpaired) electrons. The summed E-state index contributed by atoms with van der Waals surface area (Å²) in [6.07, 6.45) is 1.11. The Labute approximate surface area is 152 Å². The first-order valence-corrected chi connectivity index (χ1v) is 9.69. The molecular formula is C17H19ClN2O4S. The van der Waals surface area contributed by atoms with Crippen molar-refractivity contribution in [1.82, 2.24) is 0 Å². The summed E-state index contributed by atoms with van der Waals surface area (Å²) >= 11 is 5.83. The Balaban J connectivity index is 2.05. The maximum absolute atomic E-state index is 12.1. The number of ether oxygens (including phenoxy) is 1. The molecule has 1 N–H and O–H groups in total. The number of anilines is 2. The van der Waals surface area contributed by atoms with Gasteiger partial charge in [0.2, 0.25) is 15.9 Å². The normalized spacial score (nSPS) is 11.0. The molecule has 134 valence electrons. The van der Waals surface area contributed by atoms with Crippen molar-refractivity contribution < 1.29 is 17.9 Å². The Morgan fingerprint density at radius 1 is 1.20 bits per heavy atom. The van der Waals surface area contributed by atoms with Gasteiger partial charge < -0.3 is 10.1 Å². The number of nitrogens with zero attached hydrogens (tertiary/aromatic N) is 1. The number of sulfonamides is 1.